The number of furan rings is 1. The van der Waals surface area contributed by atoms with Crippen LogP contribution in [0.4, 0.5) is 17.1 Å². The third-order valence-electron chi connectivity index (χ3n) is 10.0. The normalized spacial score (nSPS) is 11.6. The first-order valence-corrected chi connectivity index (χ1v) is 17.1. The van der Waals surface area contributed by atoms with E-state index in [0.717, 1.165) is 44.6 Å². The maximum Gasteiger partial charge on any atom is 0.159 e. The monoisotopic (exact) mass is 637 g/mol. The smallest absolute Gasteiger partial charge is 0.159 e. The topological polar surface area (TPSA) is 16.4 Å². The number of fused-ring (bicyclic) bond motifs is 8. The van der Waals surface area contributed by atoms with Crippen LogP contribution in [0.5, 0.6) is 0 Å². The molecule has 0 aliphatic rings. The molecule has 0 aliphatic heterocycles. The van der Waals surface area contributed by atoms with Crippen LogP contribution in [0, 0.1) is 0 Å². The molecule has 10 aromatic rings. The van der Waals surface area contributed by atoms with E-state index >= 15 is 0 Å². The zero-order valence-corrected chi connectivity index (χ0v) is 27.3. The van der Waals surface area contributed by atoms with Gasteiger partial charge >= 0.3 is 0 Å². The van der Waals surface area contributed by atoms with Crippen LogP contribution in [0.15, 0.2) is 192 Å². The van der Waals surface area contributed by atoms with Gasteiger partial charge in [-0.2, -0.15) is 0 Å². The van der Waals surface area contributed by atoms with Crippen molar-refractivity contribution in [2.24, 2.45) is 0 Å². The van der Waals surface area contributed by atoms with Crippen molar-refractivity contribution in [2.75, 3.05) is 4.90 Å². The molecule has 10 rings (SSSR count). The molecule has 0 atom stereocenters. The van der Waals surface area contributed by atoms with Crippen molar-refractivity contribution in [3.63, 3.8) is 0 Å². The van der Waals surface area contributed by atoms with E-state index in [4.69, 9.17) is 4.42 Å². The Morgan fingerprint density at radius 2 is 0.960 bits per heavy atom. The molecule has 9 aromatic carbocycles. The molecule has 0 radical (unpaired) electrons. The Labute approximate surface area is 290 Å². The Morgan fingerprint density at radius 3 is 1.84 bits per heavy atom. The average Bonchev–Trinajstić information content (AvgIpc) is 3.58. The molecule has 0 aliphatic carbocycles. The highest BCUT2D eigenvalue weighted by Crippen LogP contribution is 2.45. The van der Waals surface area contributed by atoms with E-state index in [2.05, 4.69) is 193 Å². The maximum atomic E-state index is 6.87. The minimum absolute atomic E-state index is 0.867. The largest absolute Gasteiger partial charge is 0.454 e. The molecular weight excluding hydrogens is 607 g/mol. The minimum Gasteiger partial charge on any atom is -0.454 e. The molecule has 50 heavy (non-hydrogen) atoms. The maximum absolute atomic E-state index is 6.87. The summed E-state index contributed by atoms with van der Waals surface area (Å²) >= 11 is 0. The van der Waals surface area contributed by atoms with Crippen molar-refractivity contribution < 1.29 is 4.42 Å². The van der Waals surface area contributed by atoms with Gasteiger partial charge in [0, 0.05) is 27.5 Å². The zero-order valence-electron chi connectivity index (χ0n) is 27.3. The summed E-state index contributed by atoms with van der Waals surface area (Å²) in [6, 6.07) is 67.4. The first-order valence-electron chi connectivity index (χ1n) is 17.1. The first-order chi connectivity index (χ1) is 24.8. The lowest BCUT2D eigenvalue weighted by Crippen LogP contribution is -2.10. The molecule has 2 nitrogen and oxygen atoms in total. The van der Waals surface area contributed by atoms with E-state index in [1.807, 2.05) is 0 Å². The fraction of sp³-hybridized carbons (Fsp3) is 0. The highest BCUT2D eigenvalue weighted by Gasteiger charge is 2.21. The van der Waals surface area contributed by atoms with Crippen LogP contribution >= 0.6 is 0 Å². The van der Waals surface area contributed by atoms with E-state index in [0.29, 0.717) is 0 Å². The fourth-order valence-corrected chi connectivity index (χ4v) is 7.60. The molecule has 0 saturated heterocycles. The number of para-hydroxylation sites is 1. The van der Waals surface area contributed by atoms with Crippen molar-refractivity contribution in [1.82, 2.24) is 0 Å². The van der Waals surface area contributed by atoms with Gasteiger partial charge in [-0.25, -0.2) is 0 Å². The summed E-state index contributed by atoms with van der Waals surface area (Å²) < 4.78 is 6.87. The van der Waals surface area contributed by atoms with Gasteiger partial charge in [-0.1, -0.05) is 146 Å². The van der Waals surface area contributed by atoms with Gasteiger partial charge in [0.25, 0.3) is 0 Å². The molecule has 0 bridgehead atoms. The van der Waals surface area contributed by atoms with Crippen molar-refractivity contribution in [3.05, 3.63) is 188 Å². The Balaban J connectivity index is 1.19. The SMILES string of the molecule is c1ccc(-c2cccc(N(c3ccc(-c4ccc5ccccc5c4)cc3)c3cccc4c3oc3ccc5ccc6ccccc6c5c34)c2)cc1. The molecule has 0 amide bonds. The Hall–Kier alpha value is -6.64. The third-order valence-corrected chi connectivity index (χ3v) is 10.0. The summed E-state index contributed by atoms with van der Waals surface area (Å²) in [5.74, 6) is 0. The predicted molar refractivity (Wildman–Crippen MR) is 212 cm³/mol. The second-order valence-electron chi connectivity index (χ2n) is 12.9. The summed E-state index contributed by atoms with van der Waals surface area (Å²) in [6.07, 6.45) is 0. The van der Waals surface area contributed by atoms with Crippen LogP contribution in [-0.2, 0) is 0 Å². The zero-order chi connectivity index (χ0) is 33.0. The summed E-state index contributed by atoms with van der Waals surface area (Å²) in [5, 5.41) is 9.65. The van der Waals surface area contributed by atoms with E-state index in [9.17, 15) is 0 Å². The molecule has 0 saturated carbocycles. The molecule has 234 valence electrons. The van der Waals surface area contributed by atoms with Crippen LogP contribution in [-0.4, -0.2) is 0 Å². The van der Waals surface area contributed by atoms with E-state index in [1.165, 1.54) is 49.0 Å². The quantitative estimate of drug-likeness (QED) is 0.175. The molecule has 0 fully saturated rings. The molecule has 2 heteroatoms. The third kappa shape index (κ3) is 4.65. The number of hydrogen-bond acceptors (Lipinski definition) is 2. The number of hydrogen-bond donors (Lipinski definition) is 0. The highest BCUT2D eigenvalue weighted by molar-refractivity contribution is 6.27. The second kappa shape index (κ2) is 11.5. The van der Waals surface area contributed by atoms with Gasteiger partial charge in [-0.3, -0.25) is 0 Å². The van der Waals surface area contributed by atoms with Crippen LogP contribution in [0.3, 0.4) is 0 Å². The van der Waals surface area contributed by atoms with Crippen LogP contribution in [0.2, 0.25) is 0 Å². The predicted octanol–water partition coefficient (Wildman–Crippen LogP) is 13.8. The van der Waals surface area contributed by atoms with Crippen LogP contribution in [0.1, 0.15) is 0 Å². The van der Waals surface area contributed by atoms with Gasteiger partial charge in [-0.05, 0) is 91.6 Å². The van der Waals surface area contributed by atoms with E-state index in [-0.39, 0.29) is 0 Å². The summed E-state index contributed by atoms with van der Waals surface area (Å²) in [5.41, 5.74) is 9.60. The standard InChI is InChI=1S/C48H31NO/c1-2-10-32(11-3-1)38-15-8-16-41(31-38)49(40-27-24-34(25-28-40)39-23-20-33-12-4-5-14-37(33)30-39)44-19-9-18-43-47-45(50-48(43)44)29-26-36-22-21-35-13-6-7-17-42(35)46(36)47/h1-31H. The molecule has 0 unspecified atom stereocenters. The molecule has 0 spiro atoms. The first kappa shape index (κ1) is 28.4. The lowest BCUT2D eigenvalue weighted by Gasteiger charge is -2.26. The number of rotatable bonds is 5. The molecule has 1 heterocycles. The number of nitrogens with zero attached hydrogens (tertiary/aromatic N) is 1. The van der Waals surface area contributed by atoms with Crippen molar-refractivity contribution in [3.8, 4) is 22.3 Å². The fourth-order valence-electron chi connectivity index (χ4n) is 7.60. The van der Waals surface area contributed by atoms with Crippen molar-refractivity contribution >= 4 is 71.3 Å². The molecule has 1 aromatic heterocycles. The van der Waals surface area contributed by atoms with Gasteiger partial charge in [0.05, 0.1) is 5.69 Å². The van der Waals surface area contributed by atoms with Crippen molar-refractivity contribution in [2.45, 2.75) is 0 Å². The minimum atomic E-state index is 0.867. The van der Waals surface area contributed by atoms with Gasteiger partial charge in [0.1, 0.15) is 5.58 Å². The van der Waals surface area contributed by atoms with Crippen LogP contribution in [0.25, 0.3) is 76.5 Å². The summed E-state index contributed by atoms with van der Waals surface area (Å²) in [6.45, 7) is 0. The number of benzene rings is 9. The van der Waals surface area contributed by atoms with E-state index in [1.54, 1.807) is 0 Å². The lowest BCUT2D eigenvalue weighted by molar-refractivity contribution is 0.669. The summed E-state index contributed by atoms with van der Waals surface area (Å²) in [7, 11) is 0. The number of anilines is 3. The van der Waals surface area contributed by atoms with Gasteiger partial charge in [0.2, 0.25) is 0 Å². The second-order valence-corrected chi connectivity index (χ2v) is 12.9. The lowest BCUT2D eigenvalue weighted by atomic mass is 9.97. The Bertz CT molecular complexity index is 2870. The Morgan fingerprint density at radius 1 is 0.340 bits per heavy atom. The molecule has 0 N–H and O–H groups in total. The van der Waals surface area contributed by atoms with E-state index < -0.39 is 0 Å². The van der Waals surface area contributed by atoms with Crippen LogP contribution < -0.4 is 4.90 Å². The Kier molecular flexibility index (Phi) is 6.53. The average molecular weight is 638 g/mol. The molecular formula is C48H31NO. The van der Waals surface area contributed by atoms with Gasteiger partial charge < -0.3 is 9.32 Å². The highest BCUT2D eigenvalue weighted by atomic mass is 16.3. The van der Waals surface area contributed by atoms with Gasteiger partial charge in [0.15, 0.2) is 5.58 Å². The summed E-state index contributed by atoms with van der Waals surface area (Å²) in [4.78, 5) is 2.33. The van der Waals surface area contributed by atoms with Gasteiger partial charge in [-0.15, -0.1) is 0 Å². The van der Waals surface area contributed by atoms with Crippen molar-refractivity contribution in [1.29, 1.82) is 0 Å².